The number of hydrogen-bond donors (Lipinski definition) is 2. The number of hydrogen-bond acceptors (Lipinski definition) is 4. The van der Waals surface area contributed by atoms with E-state index in [-0.39, 0.29) is 5.91 Å². The fourth-order valence-corrected chi connectivity index (χ4v) is 3.58. The zero-order chi connectivity index (χ0) is 17.8. The van der Waals surface area contributed by atoms with Crippen molar-refractivity contribution in [3.8, 4) is 0 Å². The summed E-state index contributed by atoms with van der Waals surface area (Å²) in [5.41, 5.74) is 5.14. The lowest BCUT2D eigenvalue weighted by molar-refractivity contribution is 0.0948. The number of nitrogens with zero attached hydrogens (tertiary/aromatic N) is 3. The molecule has 6 nitrogen and oxygen atoms in total. The lowest BCUT2D eigenvalue weighted by atomic mass is 10.0. The van der Waals surface area contributed by atoms with Gasteiger partial charge >= 0.3 is 0 Å². The summed E-state index contributed by atoms with van der Waals surface area (Å²) in [6.07, 6.45) is 2.88. The van der Waals surface area contributed by atoms with Crippen LogP contribution < -0.4 is 10.6 Å². The first-order valence-electron chi connectivity index (χ1n) is 9.03. The Kier molecular flexibility index (Phi) is 5.48. The van der Waals surface area contributed by atoms with Gasteiger partial charge in [-0.1, -0.05) is 23.4 Å². The lowest BCUT2D eigenvalue weighted by Gasteiger charge is -2.23. The third kappa shape index (κ3) is 3.90. The van der Waals surface area contributed by atoms with Gasteiger partial charge in [0.1, 0.15) is 0 Å². The Balaban J connectivity index is 1.61. The van der Waals surface area contributed by atoms with E-state index in [4.69, 9.17) is 0 Å². The minimum absolute atomic E-state index is 0.135. The molecule has 2 heterocycles. The smallest absolute Gasteiger partial charge is 0.273 e. The summed E-state index contributed by atoms with van der Waals surface area (Å²) in [7, 11) is 0. The SMILES string of the molecule is Cc1cccc(C)c1CCNC(=O)c1nnn(C2CCNCC2)c1C. The van der Waals surface area contributed by atoms with Crippen LogP contribution in [0.15, 0.2) is 18.2 Å². The fourth-order valence-electron chi connectivity index (χ4n) is 3.58. The highest BCUT2D eigenvalue weighted by Crippen LogP contribution is 2.20. The first-order valence-corrected chi connectivity index (χ1v) is 9.03. The highest BCUT2D eigenvalue weighted by molar-refractivity contribution is 5.93. The molecule has 6 heteroatoms. The van der Waals surface area contributed by atoms with E-state index >= 15 is 0 Å². The van der Waals surface area contributed by atoms with Gasteiger partial charge in [-0.15, -0.1) is 5.10 Å². The van der Waals surface area contributed by atoms with Crippen molar-refractivity contribution in [2.24, 2.45) is 0 Å². The van der Waals surface area contributed by atoms with Crippen LogP contribution in [0, 0.1) is 20.8 Å². The van der Waals surface area contributed by atoms with E-state index in [2.05, 4.69) is 53.0 Å². The molecule has 1 fully saturated rings. The van der Waals surface area contributed by atoms with Crippen molar-refractivity contribution in [2.75, 3.05) is 19.6 Å². The molecule has 1 aromatic heterocycles. The number of aryl methyl sites for hydroxylation is 2. The molecule has 1 aromatic carbocycles. The Hall–Kier alpha value is -2.21. The van der Waals surface area contributed by atoms with Crippen LogP contribution in [0.25, 0.3) is 0 Å². The molecule has 0 bridgehead atoms. The predicted molar refractivity (Wildman–Crippen MR) is 97.9 cm³/mol. The number of rotatable bonds is 5. The monoisotopic (exact) mass is 341 g/mol. The van der Waals surface area contributed by atoms with Gasteiger partial charge in [-0.2, -0.15) is 0 Å². The number of piperidine rings is 1. The summed E-state index contributed by atoms with van der Waals surface area (Å²) < 4.78 is 1.92. The fraction of sp³-hybridized carbons (Fsp3) is 0.526. The van der Waals surface area contributed by atoms with E-state index in [0.29, 0.717) is 18.3 Å². The van der Waals surface area contributed by atoms with Gasteiger partial charge in [-0.25, -0.2) is 4.68 Å². The van der Waals surface area contributed by atoms with Crippen LogP contribution in [-0.4, -0.2) is 40.5 Å². The van der Waals surface area contributed by atoms with Crippen molar-refractivity contribution >= 4 is 5.91 Å². The highest BCUT2D eigenvalue weighted by atomic mass is 16.2. The molecule has 1 aliphatic heterocycles. The van der Waals surface area contributed by atoms with Crippen molar-refractivity contribution in [1.82, 2.24) is 25.6 Å². The van der Waals surface area contributed by atoms with Gasteiger partial charge in [-0.05, 0) is 69.8 Å². The summed E-state index contributed by atoms with van der Waals surface area (Å²) in [6.45, 7) is 8.73. The van der Waals surface area contributed by atoms with Crippen LogP contribution in [0.4, 0.5) is 0 Å². The second-order valence-corrected chi connectivity index (χ2v) is 6.83. The third-order valence-corrected chi connectivity index (χ3v) is 5.10. The number of carbonyl (C=O) groups is 1. The third-order valence-electron chi connectivity index (χ3n) is 5.10. The van der Waals surface area contributed by atoms with Crippen molar-refractivity contribution < 1.29 is 4.79 Å². The van der Waals surface area contributed by atoms with E-state index in [0.717, 1.165) is 38.0 Å². The number of nitrogens with one attached hydrogen (secondary N) is 2. The number of aromatic nitrogens is 3. The Morgan fingerprint density at radius 1 is 1.24 bits per heavy atom. The predicted octanol–water partition coefficient (Wildman–Crippen LogP) is 2.10. The topological polar surface area (TPSA) is 71.8 Å². The molecule has 0 unspecified atom stereocenters. The van der Waals surface area contributed by atoms with Gasteiger partial charge in [0.15, 0.2) is 5.69 Å². The summed E-state index contributed by atoms with van der Waals surface area (Å²) in [5, 5.41) is 14.7. The zero-order valence-electron chi connectivity index (χ0n) is 15.3. The van der Waals surface area contributed by atoms with Crippen LogP contribution >= 0.6 is 0 Å². The summed E-state index contributed by atoms with van der Waals surface area (Å²) >= 11 is 0. The lowest BCUT2D eigenvalue weighted by Crippen LogP contribution is -2.30. The molecule has 0 spiro atoms. The molecule has 0 aliphatic carbocycles. The number of carbonyl (C=O) groups excluding carboxylic acids is 1. The van der Waals surface area contributed by atoms with Crippen LogP contribution in [0.3, 0.4) is 0 Å². The molecule has 0 radical (unpaired) electrons. The Labute approximate surface area is 149 Å². The summed E-state index contributed by atoms with van der Waals surface area (Å²) in [5.74, 6) is -0.135. The summed E-state index contributed by atoms with van der Waals surface area (Å²) in [6, 6.07) is 6.62. The van der Waals surface area contributed by atoms with E-state index in [1.807, 2.05) is 11.6 Å². The average Bonchev–Trinajstić information content (AvgIpc) is 3.00. The van der Waals surface area contributed by atoms with E-state index in [9.17, 15) is 4.79 Å². The van der Waals surface area contributed by atoms with Crippen LogP contribution in [-0.2, 0) is 6.42 Å². The molecule has 0 saturated carbocycles. The number of benzene rings is 1. The standard InChI is InChI=1S/C19H27N5O/c1-13-5-4-6-14(2)17(13)9-12-21-19(25)18-15(3)24(23-22-18)16-7-10-20-11-8-16/h4-6,16,20H,7-12H2,1-3H3,(H,21,25). The molecule has 1 aliphatic rings. The molecular weight excluding hydrogens is 314 g/mol. The van der Waals surface area contributed by atoms with Gasteiger partial charge < -0.3 is 10.6 Å². The second kappa shape index (κ2) is 7.78. The zero-order valence-corrected chi connectivity index (χ0v) is 15.3. The van der Waals surface area contributed by atoms with Crippen LogP contribution in [0.2, 0.25) is 0 Å². The highest BCUT2D eigenvalue weighted by Gasteiger charge is 2.22. The van der Waals surface area contributed by atoms with Crippen LogP contribution in [0.1, 0.15) is 51.8 Å². The normalized spacial score (nSPS) is 15.3. The van der Waals surface area contributed by atoms with Gasteiger partial charge in [0.2, 0.25) is 0 Å². The maximum absolute atomic E-state index is 12.5. The first kappa shape index (κ1) is 17.6. The average molecular weight is 341 g/mol. The number of amides is 1. The molecule has 1 saturated heterocycles. The largest absolute Gasteiger partial charge is 0.350 e. The van der Waals surface area contributed by atoms with Gasteiger partial charge in [-0.3, -0.25) is 4.79 Å². The molecule has 0 atom stereocenters. The van der Waals surface area contributed by atoms with Gasteiger partial charge in [0, 0.05) is 6.54 Å². The minimum Gasteiger partial charge on any atom is -0.350 e. The van der Waals surface area contributed by atoms with Crippen molar-refractivity contribution in [3.63, 3.8) is 0 Å². The quantitative estimate of drug-likeness (QED) is 0.874. The molecule has 2 N–H and O–H groups in total. The second-order valence-electron chi connectivity index (χ2n) is 6.83. The van der Waals surface area contributed by atoms with Gasteiger partial charge in [0.05, 0.1) is 11.7 Å². The van der Waals surface area contributed by atoms with E-state index in [1.54, 1.807) is 0 Å². The first-order chi connectivity index (χ1) is 12.1. The molecule has 25 heavy (non-hydrogen) atoms. The van der Waals surface area contributed by atoms with E-state index in [1.165, 1.54) is 16.7 Å². The summed E-state index contributed by atoms with van der Waals surface area (Å²) in [4.78, 5) is 12.5. The molecule has 134 valence electrons. The molecule has 3 rings (SSSR count). The Bertz CT molecular complexity index is 726. The van der Waals surface area contributed by atoms with Crippen LogP contribution in [0.5, 0.6) is 0 Å². The van der Waals surface area contributed by atoms with Gasteiger partial charge in [0.25, 0.3) is 5.91 Å². The Morgan fingerprint density at radius 2 is 1.92 bits per heavy atom. The van der Waals surface area contributed by atoms with E-state index < -0.39 is 0 Å². The van der Waals surface area contributed by atoms with Crippen molar-refractivity contribution in [3.05, 3.63) is 46.3 Å². The molecular formula is C19H27N5O. The maximum atomic E-state index is 12.5. The molecule has 1 amide bonds. The Morgan fingerprint density at radius 3 is 2.60 bits per heavy atom. The molecule has 2 aromatic rings. The maximum Gasteiger partial charge on any atom is 0.273 e. The van der Waals surface area contributed by atoms with Crippen molar-refractivity contribution in [1.29, 1.82) is 0 Å². The van der Waals surface area contributed by atoms with Crippen molar-refractivity contribution in [2.45, 2.75) is 46.1 Å². The minimum atomic E-state index is -0.135.